The number of halogens is 1. The minimum Gasteiger partial charge on any atom is -0.469 e. The number of benzene rings is 1. The topological polar surface area (TPSA) is 71.2 Å². The third-order valence-corrected chi connectivity index (χ3v) is 4.32. The molecule has 1 aliphatic rings. The summed E-state index contributed by atoms with van der Waals surface area (Å²) in [7, 11) is 1.40. The van der Waals surface area contributed by atoms with Crippen LogP contribution in [0.3, 0.4) is 0 Å². The van der Waals surface area contributed by atoms with E-state index in [0.717, 1.165) is 5.56 Å². The predicted molar refractivity (Wildman–Crippen MR) is 90.8 cm³/mol. The largest absolute Gasteiger partial charge is 0.469 e. The van der Waals surface area contributed by atoms with Crippen molar-refractivity contribution in [2.45, 2.75) is 26.6 Å². The van der Waals surface area contributed by atoms with Gasteiger partial charge in [-0.3, -0.25) is 9.69 Å². The Balaban J connectivity index is 2.07. The van der Waals surface area contributed by atoms with Crippen LogP contribution in [0.1, 0.15) is 19.4 Å². The van der Waals surface area contributed by atoms with E-state index in [-0.39, 0.29) is 18.1 Å². The normalized spacial score (nSPS) is 20.1. The van der Waals surface area contributed by atoms with Gasteiger partial charge < -0.3 is 15.4 Å². The van der Waals surface area contributed by atoms with Gasteiger partial charge in [0.1, 0.15) is 0 Å². The van der Waals surface area contributed by atoms with Crippen LogP contribution in [0.5, 0.6) is 0 Å². The Morgan fingerprint density at radius 2 is 2.13 bits per heavy atom. The summed E-state index contributed by atoms with van der Waals surface area (Å²) in [4.78, 5) is 20.1. The van der Waals surface area contributed by atoms with Crippen LogP contribution in [0, 0.1) is 5.92 Å². The molecule has 1 aromatic carbocycles. The second-order valence-corrected chi connectivity index (χ2v) is 6.18. The first kappa shape index (κ1) is 17.6. The third kappa shape index (κ3) is 4.36. The van der Waals surface area contributed by atoms with Crippen molar-refractivity contribution in [2.24, 2.45) is 16.6 Å². The highest BCUT2D eigenvalue weighted by atomic mass is 35.5. The molecule has 0 aromatic heterocycles. The number of hydrogen-bond acceptors (Lipinski definition) is 6. The molecule has 0 aliphatic carbocycles. The van der Waals surface area contributed by atoms with E-state index in [2.05, 4.69) is 16.8 Å². The zero-order valence-corrected chi connectivity index (χ0v) is 14.5. The fraction of sp³-hybridized carbons (Fsp3) is 0.500. The van der Waals surface area contributed by atoms with Gasteiger partial charge in [0.2, 0.25) is 0 Å². The van der Waals surface area contributed by atoms with Gasteiger partial charge in [-0.25, -0.2) is 4.99 Å². The van der Waals surface area contributed by atoms with E-state index in [0.29, 0.717) is 30.7 Å². The Morgan fingerprint density at radius 3 is 2.74 bits per heavy atom. The highest BCUT2D eigenvalue weighted by Crippen LogP contribution is 2.18. The van der Waals surface area contributed by atoms with Gasteiger partial charge in [-0.05, 0) is 24.6 Å². The standard InChI is InChI=1S/C16H23ClN4O2/c1-11(15(22)23-3)8-20-10-19-16(18)21(12(20)2)9-13-4-6-14(17)7-5-13/h4-7,11-12H,8-10H2,1-3H3,(H2,18,19)/t11?,12-/m0/s1. The minimum absolute atomic E-state index is 0.0373. The maximum atomic E-state index is 11.6. The fourth-order valence-corrected chi connectivity index (χ4v) is 2.72. The maximum absolute atomic E-state index is 11.6. The first-order valence-electron chi connectivity index (χ1n) is 7.55. The summed E-state index contributed by atoms with van der Waals surface area (Å²) in [5.41, 5.74) is 7.16. The molecule has 0 radical (unpaired) electrons. The summed E-state index contributed by atoms with van der Waals surface area (Å²) < 4.78 is 4.79. The monoisotopic (exact) mass is 338 g/mol. The second kappa shape index (κ2) is 7.66. The Labute approximate surface area is 141 Å². The summed E-state index contributed by atoms with van der Waals surface area (Å²) in [5.74, 6) is 0.0766. The molecule has 1 heterocycles. The van der Waals surface area contributed by atoms with Crippen LogP contribution in [0.4, 0.5) is 0 Å². The lowest BCUT2D eigenvalue weighted by Gasteiger charge is -2.41. The number of nitrogens with zero attached hydrogens (tertiary/aromatic N) is 3. The van der Waals surface area contributed by atoms with Crippen molar-refractivity contribution in [3.8, 4) is 0 Å². The van der Waals surface area contributed by atoms with Gasteiger partial charge in [-0.1, -0.05) is 30.7 Å². The van der Waals surface area contributed by atoms with E-state index in [4.69, 9.17) is 22.1 Å². The zero-order chi connectivity index (χ0) is 17.0. The number of methoxy groups -OCH3 is 1. The zero-order valence-electron chi connectivity index (χ0n) is 13.7. The lowest BCUT2D eigenvalue weighted by atomic mass is 10.1. The highest BCUT2D eigenvalue weighted by molar-refractivity contribution is 6.30. The molecule has 1 aliphatic heterocycles. The summed E-state index contributed by atoms with van der Waals surface area (Å²) in [6, 6.07) is 7.66. The van der Waals surface area contributed by atoms with Gasteiger partial charge in [-0.2, -0.15) is 0 Å². The average Bonchev–Trinajstić information content (AvgIpc) is 2.55. The summed E-state index contributed by atoms with van der Waals surface area (Å²) in [5, 5.41) is 0.704. The quantitative estimate of drug-likeness (QED) is 0.830. The van der Waals surface area contributed by atoms with Gasteiger partial charge in [0, 0.05) is 18.1 Å². The minimum atomic E-state index is -0.219. The molecule has 0 saturated heterocycles. The van der Waals surface area contributed by atoms with E-state index in [1.807, 2.05) is 36.1 Å². The number of carbonyl (C=O) groups is 1. The summed E-state index contributed by atoms with van der Waals surface area (Å²) >= 11 is 5.92. The lowest BCUT2D eigenvalue weighted by Crippen LogP contribution is -2.56. The molecule has 126 valence electrons. The van der Waals surface area contributed by atoms with E-state index >= 15 is 0 Å². The van der Waals surface area contributed by atoms with Crippen LogP contribution in [0.2, 0.25) is 5.02 Å². The van der Waals surface area contributed by atoms with Crippen molar-refractivity contribution in [1.82, 2.24) is 9.80 Å². The Bertz CT molecular complexity index is 576. The molecule has 23 heavy (non-hydrogen) atoms. The Hall–Kier alpha value is -1.79. The van der Waals surface area contributed by atoms with E-state index in [1.165, 1.54) is 7.11 Å². The van der Waals surface area contributed by atoms with E-state index in [9.17, 15) is 4.79 Å². The molecule has 0 amide bonds. The number of rotatable bonds is 5. The molecule has 1 aromatic rings. The first-order chi connectivity index (χ1) is 10.9. The highest BCUT2D eigenvalue weighted by Gasteiger charge is 2.29. The second-order valence-electron chi connectivity index (χ2n) is 5.74. The number of ether oxygens (including phenoxy) is 1. The molecule has 2 atom stereocenters. The van der Waals surface area contributed by atoms with Crippen molar-refractivity contribution in [3.63, 3.8) is 0 Å². The molecular formula is C16H23ClN4O2. The Kier molecular flexibility index (Phi) is 5.85. The molecule has 1 unspecified atom stereocenters. The third-order valence-electron chi connectivity index (χ3n) is 4.07. The van der Waals surface area contributed by atoms with Gasteiger partial charge in [-0.15, -0.1) is 0 Å². The number of nitrogens with two attached hydrogens (primary N) is 1. The fourth-order valence-electron chi connectivity index (χ4n) is 2.60. The van der Waals surface area contributed by atoms with Gasteiger partial charge in [0.05, 0.1) is 25.9 Å². The lowest BCUT2D eigenvalue weighted by molar-refractivity contribution is -0.145. The van der Waals surface area contributed by atoms with Crippen LogP contribution in [-0.2, 0) is 16.1 Å². The molecule has 7 heteroatoms. The maximum Gasteiger partial charge on any atom is 0.309 e. The molecule has 0 fully saturated rings. The van der Waals surface area contributed by atoms with Crippen LogP contribution in [0.15, 0.2) is 29.3 Å². The van der Waals surface area contributed by atoms with E-state index < -0.39 is 0 Å². The summed E-state index contributed by atoms with van der Waals surface area (Å²) in [6.45, 7) is 5.59. The van der Waals surface area contributed by atoms with Crippen molar-refractivity contribution in [2.75, 3.05) is 20.3 Å². The molecule has 0 spiro atoms. The van der Waals surface area contributed by atoms with Crippen LogP contribution >= 0.6 is 11.6 Å². The molecule has 0 saturated carbocycles. The molecular weight excluding hydrogens is 316 g/mol. The Morgan fingerprint density at radius 1 is 1.48 bits per heavy atom. The van der Waals surface area contributed by atoms with Crippen molar-refractivity contribution in [3.05, 3.63) is 34.9 Å². The smallest absolute Gasteiger partial charge is 0.309 e. The predicted octanol–water partition coefficient (Wildman–Crippen LogP) is 1.88. The van der Waals surface area contributed by atoms with Gasteiger partial charge in [0.25, 0.3) is 0 Å². The molecule has 6 nitrogen and oxygen atoms in total. The van der Waals surface area contributed by atoms with Crippen LogP contribution < -0.4 is 5.73 Å². The summed E-state index contributed by atoms with van der Waals surface area (Å²) in [6.07, 6.45) is 0.0373. The average molecular weight is 339 g/mol. The van der Waals surface area contributed by atoms with E-state index in [1.54, 1.807) is 0 Å². The van der Waals surface area contributed by atoms with Crippen molar-refractivity contribution < 1.29 is 9.53 Å². The number of guanidine groups is 1. The molecule has 2 N–H and O–H groups in total. The van der Waals surface area contributed by atoms with Gasteiger partial charge in [0.15, 0.2) is 5.96 Å². The number of carbonyl (C=O) groups excluding carboxylic acids is 1. The van der Waals surface area contributed by atoms with Crippen molar-refractivity contribution in [1.29, 1.82) is 0 Å². The van der Waals surface area contributed by atoms with Crippen molar-refractivity contribution >= 4 is 23.5 Å². The van der Waals surface area contributed by atoms with Gasteiger partial charge >= 0.3 is 5.97 Å². The van der Waals surface area contributed by atoms with Crippen LogP contribution in [0.25, 0.3) is 0 Å². The number of esters is 1. The molecule has 0 bridgehead atoms. The molecule has 2 rings (SSSR count). The number of hydrogen-bond donors (Lipinski definition) is 1. The van der Waals surface area contributed by atoms with Crippen LogP contribution in [-0.4, -0.2) is 48.2 Å². The number of aliphatic imine (C=N–C) groups is 1. The SMILES string of the molecule is COC(=O)C(C)CN1CN=C(N)N(Cc2ccc(Cl)cc2)[C@H]1C. The first-order valence-corrected chi connectivity index (χ1v) is 7.93.